The molecular weight excluding hydrogens is 314 g/mol. The summed E-state index contributed by atoms with van der Waals surface area (Å²) in [6.45, 7) is 1.81. The van der Waals surface area contributed by atoms with Crippen molar-refractivity contribution in [2.45, 2.75) is 51.0 Å². The van der Waals surface area contributed by atoms with Crippen molar-refractivity contribution in [3.8, 4) is 0 Å². The second kappa shape index (κ2) is 6.18. The molecule has 7 heteroatoms. The molecule has 2 aromatic rings. The summed E-state index contributed by atoms with van der Waals surface area (Å²) >= 11 is 0. The Bertz CT molecular complexity index is 679. The fourth-order valence-corrected chi connectivity index (χ4v) is 3.27. The quantitative estimate of drug-likeness (QED) is 0.838. The Kier molecular flexibility index (Phi) is 4.02. The Morgan fingerprint density at radius 1 is 1.21 bits per heavy atom. The first-order valence-electron chi connectivity index (χ1n) is 8.68. The summed E-state index contributed by atoms with van der Waals surface area (Å²) in [5.41, 5.74) is 0. The summed E-state index contributed by atoms with van der Waals surface area (Å²) in [5, 5.41) is 8.68. The van der Waals surface area contributed by atoms with Crippen molar-refractivity contribution in [1.29, 1.82) is 0 Å². The van der Waals surface area contributed by atoms with Crippen LogP contribution in [0.2, 0.25) is 0 Å². The molecule has 2 fully saturated rings. The van der Waals surface area contributed by atoms with E-state index in [4.69, 9.17) is 4.42 Å². The van der Waals surface area contributed by atoms with E-state index in [-0.39, 0.29) is 12.8 Å². The highest BCUT2D eigenvalue weighted by Gasteiger charge is 2.34. The van der Waals surface area contributed by atoms with Gasteiger partial charge in [0.15, 0.2) is 0 Å². The van der Waals surface area contributed by atoms with Gasteiger partial charge in [-0.1, -0.05) is 0 Å². The molecule has 2 aliphatic rings. The average Bonchev–Trinajstić information content (AvgIpc) is 3.12. The number of nitrogens with zero attached hydrogens (tertiary/aromatic N) is 4. The van der Waals surface area contributed by atoms with Gasteiger partial charge >= 0.3 is 0 Å². The van der Waals surface area contributed by atoms with Gasteiger partial charge in [0, 0.05) is 32.5 Å². The molecule has 4 rings (SSSR count). The highest BCUT2D eigenvalue weighted by Crippen LogP contribution is 2.34. The number of alkyl halides is 2. The van der Waals surface area contributed by atoms with Crippen molar-refractivity contribution in [2.75, 3.05) is 18.0 Å². The molecule has 1 aliphatic carbocycles. The molecule has 1 aliphatic heterocycles. The molecule has 1 saturated carbocycles. The SMILES string of the molecule is FC1(F)CCCN(c2nnc(Cc3ccco3)n2CC2CC2)CC1. The van der Waals surface area contributed by atoms with Gasteiger partial charge < -0.3 is 9.32 Å². The van der Waals surface area contributed by atoms with Gasteiger partial charge in [0.05, 0.1) is 12.7 Å². The van der Waals surface area contributed by atoms with Crippen molar-refractivity contribution in [2.24, 2.45) is 5.92 Å². The lowest BCUT2D eigenvalue weighted by Gasteiger charge is -2.22. The molecule has 0 N–H and O–H groups in total. The van der Waals surface area contributed by atoms with Gasteiger partial charge in [-0.3, -0.25) is 4.57 Å². The van der Waals surface area contributed by atoms with Crippen LogP contribution in [0.4, 0.5) is 14.7 Å². The predicted molar refractivity (Wildman–Crippen MR) is 85.3 cm³/mol. The van der Waals surface area contributed by atoms with Crippen LogP contribution in [-0.2, 0) is 13.0 Å². The second-order valence-corrected chi connectivity index (χ2v) is 6.92. The van der Waals surface area contributed by atoms with Crippen LogP contribution in [0.15, 0.2) is 22.8 Å². The summed E-state index contributed by atoms with van der Waals surface area (Å²) in [6, 6.07) is 3.77. The molecular formula is C17H22F2N4O. The van der Waals surface area contributed by atoms with E-state index in [9.17, 15) is 8.78 Å². The van der Waals surface area contributed by atoms with Crippen molar-refractivity contribution >= 4 is 5.95 Å². The lowest BCUT2D eigenvalue weighted by atomic mass is 10.1. The average molecular weight is 336 g/mol. The normalized spacial score (nSPS) is 21.0. The fourth-order valence-electron chi connectivity index (χ4n) is 3.27. The fraction of sp³-hybridized carbons (Fsp3) is 0.647. The Balaban J connectivity index is 1.58. The molecule has 1 saturated heterocycles. The van der Waals surface area contributed by atoms with Crippen molar-refractivity contribution in [1.82, 2.24) is 14.8 Å². The zero-order valence-corrected chi connectivity index (χ0v) is 13.6. The lowest BCUT2D eigenvalue weighted by molar-refractivity contribution is -0.0102. The summed E-state index contributed by atoms with van der Waals surface area (Å²) in [7, 11) is 0. The van der Waals surface area contributed by atoms with Crippen LogP contribution in [0.1, 0.15) is 43.7 Å². The van der Waals surface area contributed by atoms with E-state index in [0.717, 1.165) is 24.1 Å². The van der Waals surface area contributed by atoms with E-state index in [1.165, 1.54) is 12.8 Å². The van der Waals surface area contributed by atoms with E-state index in [1.54, 1.807) is 6.26 Å². The molecule has 3 heterocycles. The first kappa shape index (κ1) is 15.6. The monoisotopic (exact) mass is 336 g/mol. The summed E-state index contributed by atoms with van der Waals surface area (Å²) < 4.78 is 34.8. The van der Waals surface area contributed by atoms with Crippen molar-refractivity contribution in [3.05, 3.63) is 30.0 Å². The smallest absolute Gasteiger partial charge is 0.249 e. The molecule has 0 atom stereocenters. The zero-order valence-electron chi connectivity index (χ0n) is 13.6. The predicted octanol–water partition coefficient (Wildman–Crippen LogP) is 3.50. The van der Waals surface area contributed by atoms with Gasteiger partial charge in [0.2, 0.25) is 11.9 Å². The molecule has 24 heavy (non-hydrogen) atoms. The maximum absolute atomic E-state index is 13.6. The van der Waals surface area contributed by atoms with E-state index < -0.39 is 5.92 Å². The van der Waals surface area contributed by atoms with E-state index in [1.807, 2.05) is 17.0 Å². The Morgan fingerprint density at radius 2 is 2.08 bits per heavy atom. The molecule has 5 nitrogen and oxygen atoms in total. The highest BCUT2D eigenvalue weighted by molar-refractivity contribution is 5.32. The number of anilines is 1. The van der Waals surface area contributed by atoms with Crippen LogP contribution in [0, 0.1) is 5.92 Å². The molecule has 130 valence electrons. The molecule has 0 radical (unpaired) electrons. The van der Waals surface area contributed by atoms with Gasteiger partial charge in [0.25, 0.3) is 0 Å². The lowest BCUT2D eigenvalue weighted by Crippen LogP contribution is -2.29. The zero-order chi connectivity index (χ0) is 16.6. The van der Waals surface area contributed by atoms with E-state index in [0.29, 0.717) is 31.8 Å². The largest absolute Gasteiger partial charge is 0.469 e. The minimum Gasteiger partial charge on any atom is -0.469 e. The number of hydrogen-bond donors (Lipinski definition) is 0. The molecule has 0 bridgehead atoms. The first-order chi connectivity index (χ1) is 11.6. The number of halogens is 2. The number of furan rings is 1. The van der Waals surface area contributed by atoms with Gasteiger partial charge in [-0.05, 0) is 37.3 Å². The minimum atomic E-state index is -2.56. The summed E-state index contributed by atoms with van der Waals surface area (Å²) in [5.74, 6) is 0.522. The first-order valence-corrected chi connectivity index (χ1v) is 8.68. The third-order valence-electron chi connectivity index (χ3n) is 4.86. The van der Waals surface area contributed by atoms with Gasteiger partial charge in [-0.25, -0.2) is 8.78 Å². The van der Waals surface area contributed by atoms with Gasteiger partial charge in [-0.15, -0.1) is 10.2 Å². The maximum atomic E-state index is 13.6. The Labute approximate surface area is 139 Å². The van der Waals surface area contributed by atoms with Crippen LogP contribution in [0.25, 0.3) is 0 Å². The Morgan fingerprint density at radius 3 is 2.83 bits per heavy atom. The second-order valence-electron chi connectivity index (χ2n) is 6.92. The highest BCUT2D eigenvalue weighted by atomic mass is 19.3. The topological polar surface area (TPSA) is 47.1 Å². The third kappa shape index (κ3) is 3.44. The van der Waals surface area contributed by atoms with E-state index >= 15 is 0 Å². The van der Waals surface area contributed by atoms with E-state index in [2.05, 4.69) is 14.8 Å². The molecule has 0 aromatic carbocycles. The Hall–Kier alpha value is -1.92. The molecule has 0 unspecified atom stereocenters. The van der Waals surface area contributed by atoms with Crippen molar-refractivity contribution in [3.63, 3.8) is 0 Å². The van der Waals surface area contributed by atoms with Crippen LogP contribution in [0.3, 0.4) is 0 Å². The summed E-state index contributed by atoms with van der Waals surface area (Å²) in [4.78, 5) is 1.97. The van der Waals surface area contributed by atoms with Crippen LogP contribution >= 0.6 is 0 Å². The number of rotatable bonds is 5. The number of aromatic nitrogens is 3. The molecule has 0 amide bonds. The van der Waals surface area contributed by atoms with Gasteiger partial charge in [0.1, 0.15) is 11.6 Å². The van der Waals surface area contributed by atoms with Crippen LogP contribution in [-0.4, -0.2) is 33.8 Å². The van der Waals surface area contributed by atoms with Crippen LogP contribution in [0.5, 0.6) is 0 Å². The minimum absolute atomic E-state index is 0.0421. The van der Waals surface area contributed by atoms with Crippen molar-refractivity contribution < 1.29 is 13.2 Å². The number of hydrogen-bond acceptors (Lipinski definition) is 4. The molecule has 0 spiro atoms. The third-order valence-corrected chi connectivity index (χ3v) is 4.86. The van der Waals surface area contributed by atoms with Crippen LogP contribution < -0.4 is 4.90 Å². The standard InChI is InChI=1S/C17H22F2N4O/c18-17(19)6-2-8-22(9-7-17)16-21-20-15(11-14-3-1-10-24-14)23(16)12-13-4-5-13/h1,3,10,13H,2,4-9,11-12H2. The summed E-state index contributed by atoms with van der Waals surface area (Å²) in [6.07, 6.45) is 4.99. The molecule has 2 aromatic heterocycles. The maximum Gasteiger partial charge on any atom is 0.249 e. The van der Waals surface area contributed by atoms with Gasteiger partial charge in [-0.2, -0.15) is 0 Å².